The molecule has 0 bridgehead atoms. The normalized spacial score (nSPS) is 18.4. The van der Waals surface area contributed by atoms with E-state index in [0.29, 0.717) is 19.7 Å². The largest absolute Gasteiger partial charge is 0.491 e. The molecule has 4 heterocycles. The highest BCUT2D eigenvalue weighted by Crippen LogP contribution is 2.29. The van der Waals surface area contributed by atoms with Crippen molar-refractivity contribution in [2.45, 2.75) is 26.1 Å². The molecule has 6 rings (SSSR count). The molecule has 3 aliphatic heterocycles. The third kappa shape index (κ3) is 4.94. The van der Waals surface area contributed by atoms with Gasteiger partial charge in [0.1, 0.15) is 12.4 Å². The fraction of sp³-hybridized carbons (Fsp3) is 0.393. The van der Waals surface area contributed by atoms with E-state index in [2.05, 4.69) is 51.6 Å². The van der Waals surface area contributed by atoms with Gasteiger partial charge in [-0.25, -0.2) is 0 Å². The average Bonchev–Trinajstić information content (AvgIpc) is 3.27. The zero-order valence-electron chi connectivity index (χ0n) is 19.9. The Kier molecular flexibility index (Phi) is 6.46. The maximum atomic E-state index is 13.4. The topological polar surface area (TPSA) is 45.3 Å². The second-order valence-electron chi connectivity index (χ2n) is 9.49. The molecule has 0 atom stereocenters. The molecule has 35 heavy (non-hydrogen) atoms. The third-order valence-electron chi connectivity index (χ3n) is 7.18. The van der Waals surface area contributed by atoms with E-state index in [4.69, 9.17) is 9.47 Å². The maximum absolute atomic E-state index is 13.4. The second-order valence-corrected chi connectivity index (χ2v) is 10.5. The number of nitrogens with zero attached hydrogens (tertiary/aromatic N) is 3. The molecule has 182 valence electrons. The van der Waals surface area contributed by atoms with E-state index in [-0.39, 0.29) is 5.91 Å². The molecular weight excluding hydrogens is 458 g/mol. The molecule has 6 nitrogen and oxygen atoms in total. The smallest absolute Gasteiger partial charge is 0.254 e. The number of hydrogen-bond acceptors (Lipinski definition) is 6. The summed E-state index contributed by atoms with van der Waals surface area (Å²) in [5, 5.41) is 2.20. The van der Waals surface area contributed by atoms with E-state index in [1.165, 1.54) is 16.0 Å². The Morgan fingerprint density at radius 1 is 0.886 bits per heavy atom. The number of hydrogen-bond donors (Lipinski definition) is 0. The van der Waals surface area contributed by atoms with Crippen LogP contribution in [0.5, 0.6) is 5.75 Å². The molecule has 0 saturated carbocycles. The molecule has 1 saturated heterocycles. The fourth-order valence-electron chi connectivity index (χ4n) is 5.24. The summed E-state index contributed by atoms with van der Waals surface area (Å²) < 4.78 is 11.5. The van der Waals surface area contributed by atoms with Gasteiger partial charge in [-0.15, -0.1) is 11.3 Å². The SMILES string of the molecule is O=C(c1ccc(N2CCOCC2)cc1)N1CCOc2ccc(CN3CCc4sccc4C3)cc2C1. The Morgan fingerprint density at radius 2 is 1.74 bits per heavy atom. The molecule has 2 aromatic carbocycles. The number of anilines is 1. The van der Waals surface area contributed by atoms with Gasteiger partial charge in [0, 0.05) is 61.0 Å². The van der Waals surface area contributed by atoms with Gasteiger partial charge < -0.3 is 19.3 Å². The highest BCUT2D eigenvalue weighted by molar-refractivity contribution is 7.10. The monoisotopic (exact) mass is 489 g/mol. The van der Waals surface area contributed by atoms with Crippen LogP contribution in [0.2, 0.25) is 0 Å². The number of ether oxygens (including phenoxy) is 2. The van der Waals surface area contributed by atoms with E-state index in [0.717, 1.165) is 74.9 Å². The minimum absolute atomic E-state index is 0.0569. The lowest BCUT2D eigenvalue weighted by Gasteiger charge is -2.29. The summed E-state index contributed by atoms with van der Waals surface area (Å²) in [5.41, 5.74) is 5.70. The van der Waals surface area contributed by atoms with Gasteiger partial charge in [-0.05, 0) is 65.4 Å². The Hall–Kier alpha value is -2.87. The van der Waals surface area contributed by atoms with Crippen LogP contribution in [0.3, 0.4) is 0 Å². The first kappa shape index (κ1) is 22.6. The first-order chi connectivity index (χ1) is 17.2. The molecule has 0 unspecified atom stereocenters. The van der Waals surface area contributed by atoms with E-state index in [1.54, 1.807) is 0 Å². The van der Waals surface area contributed by atoms with Crippen molar-refractivity contribution >= 4 is 22.9 Å². The van der Waals surface area contributed by atoms with Gasteiger partial charge in [0.25, 0.3) is 5.91 Å². The molecule has 3 aliphatic rings. The Balaban J connectivity index is 1.14. The molecule has 3 aromatic rings. The van der Waals surface area contributed by atoms with Crippen molar-refractivity contribution in [2.75, 3.05) is 50.9 Å². The van der Waals surface area contributed by atoms with Crippen molar-refractivity contribution in [3.63, 3.8) is 0 Å². The van der Waals surface area contributed by atoms with Crippen molar-refractivity contribution < 1.29 is 14.3 Å². The average molecular weight is 490 g/mol. The van der Waals surface area contributed by atoms with Gasteiger partial charge in [-0.2, -0.15) is 0 Å². The predicted octanol–water partition coefficient (Wildman–Crippen LogP) is 4.18. The summed E-state index contributed by atoms with van der Waals surface area (Å²) in [6, 6.07) is 16.7. The maximum Gasteiger partial charge on any atom is 0.254 e. The van der Waals surface area contributed by atoms with Gasteiger partial charge >= 0.3 is 0 Å². The Labute approximate surface area is 210 Å². The van der Waals surface area contributed by atoms with Crippen LogP contribution in [-0.4, -0.2) is 61.7 Å². The number of benzene rings is 2. The van der Waals surface area contributed by atoms with Crippen molar-refractivity contribution in [1.82, 2.24) is 9.80 Å². The summed E-state index contributed by atoms with van der Waals surface area (Å²) >= 11 is 1.88. The van der Waals surface area contributed by atoms with Crippen molar-refractivity contribution in [3.8, 4) is 5.75 Å². The highest BCUT2D eigenvalue weighted by Gasteiger charge is 2.23. The Bertz CT molecular complexity index is 1190. The lowest BCUT2D eigenvalue weighted by molar-refractivity contribution is 0.0733. The predicted molar refractivity (Wildman–Crippen MR) is 138 cm³/mol. The van der Waals surface area contributed by atoms with Crippen LogP contribution in [-0.2, 0) is 30.8 Å². The number of carbonyl (C=O) groups is 1. The lowest BCUT2D eigenvalue weighted by Crippen LogP contribution is -2.36. The van der Waals surface area contributed by atoms with Crippen LogP contribution < -0.4 is 9.64 Å². The standard InChI is InChI=1S/C28H31N3O3S/c32-28(22-2-4-25(5-3-22)30-10-13-33-14-11-30)31-12-15-34-26-6-1-21(17-24(26)20-31)18-29-9-7-27-23(19-29)8-16-35-27/h1-6,8,16-17H,7,9-15,18-20H2. The molecule has 0 aliphatic carbocycles. The van der Waals surface area contributed by atoms with Crippen LogP contribution in [0.15, 0.2) is 53.9 Å². The minimum atomic E-state index is 0.0569. The van der Waals surface area contributed by atoms with Crippen molar-refractivity contribution in [2.24, 2.45) is 0 Å². The van der Waals surface area contributed by atoms with Gasteiger partial charge in [0.15, 0.2) is 0 Å². The van der Waals surface area contributed by atoms with Crippen molar-refractivity contribution in [3.05, 3.63) is 81.0 Å². The van der Waals surface area contributed by atoms with E-state index in [9.17, 15) is 4.79 Å². The van der Waals surface area contributed by atoms with E-state index in [1.807, 2.05) is 28.4 Å². The number of fused-ring (bicyclic) bond motifs is 2. The third-order valence-corrected chi connectivity index (χ3v) is 8.20. The van der Waals surface area contributed by atoms with Gasteiger partial charge in [-0.1, -0.05) is 6.07 Å². The fourth-order valence-corrected chi connectivity index (χ4v) is 6.13. The number of carbonyl (C=O) groups excluding carboxylic acids is 1. The molecular formula is C28H31N3O3S. The summed E-state index contributed by atoms with van der Waals surface area (Å²) in [4.78, 5) is 21.6. The number of rotatable bonds is 4. The highest BCUT2D eigenvalue weighted by atomic mass is 32.1. The van der Waals surface area contributed by atoms with E-state index >= 15 is 0 Å². The zero-order chi connectivity index (χ0) is 23.6. The summed E-state index contributed by atoms with van der Waals surface area (Å²) in [7, 11) is 0. The van der Waals surface area contributed by atoms with Crippen LogP contribution in [0.4, 0.5) is 5.69 Å². The quantitative estimate of drug-likeness (QED) is 0.550. The van der Waals surface area contributed by atoms with Gasteiger partial charge in [-0.3, -0.25) is 9.69 Å². The van der Waals surface area contributed by atoms with Crippen LogP contribution >= 0.6 is 11.3 Å². The second kappa shape index (κ2) is 10.0. The Morgan fingerprint density at radius 3 is 2.60 bits per heavy atom. The summed E-state index contributed by atoms with van der Waals surface area (Å²) in [6.45, 7) is 7.97. The molecule has 0 radical (unpaired) electrons. The summed E-state index contributed by atoms with van der Waals surface area (Å²) in [6.07, 6.45) is 1.13. The lowest BCUT2D eigenvalue weighted by atomic mass is 10.1. The summed E-state index contributed by atoms with van der Waals surface area (Å²) in [5.74, 6) is 0.951. The molecule has 1 aromatic heterocycles. The van der Waals surface area contributed by atoms with Crippen LogP contribution in [0, 0.1) is 0 Å². The molecule has 7 heteroatoms. The first-order valence-corrected chi connectivity index (χ1v) is 13.4. The molecule has 1 amide bonds. The van der Waals surface area contributed by atoms with Gasteiger partial charge in [0.2, 0.25) is 0 Å². The molecule has 1 fully saturated rings. The minimum Gasteiger partial charge on any atom is -0.491 e. The molecule has 0 spiro atoms. The van der Waals surface area contributed by atoms with Crippen LogP contribution in [0.1, 0.15) is 31.9 Å². The van der Waals surface area contributed by atoms with Crippen LogP contribution in [0.25, 0.3) is 0 Å². The van der Waals surface area contributed by atoms with E-state index < -0.39 is 0 Å². The number of morpholine rings is 1. The van der Waals surface area contributed by atoms with Crippen molar-refractivity contribution in [1.29, 1.82) is 0 Å². The first-order valence-electron chi connectivity index (χ1n) is 12.5. The number of amides is 1. The van der Waals surface area contributed by atoms with Gasteiger partial charge in [0.05, 0.1) is 19.8 Å². The molecule has 0 N–H and O–H groups in total. The number of thiophene rings is 1. The zero-order valence-corrected chi connectivity index (χ0v) is 20.8.